The molecule has 34 valence electrons. The van der Waals surface area contributed by atoms with Gasteiger partial charge < -0.3 is 0 Å². The summed E-state index contributed by atoms with van der Waals surface area (Å²) in [5, 5.41) is 0. The summed E-state index contributed by atoms with van der Waals surface area (Å²) in [5.74, 6) is 0. The summed E-state index contributed by atoms with van der Waals surface area (Å²) >= 11 is -3.69. The average molecular weight is 186 g/mol. The molecular weight excluding hydrogens is 181 g/mol. The topological polar surface area (TPSA) is 66.3 Å². The van der Waals surface area contributed by atoms with Gasteiger partial charge in [-0.05, 0) is 0 Å². The van der Waals surface area contributed by atoms with Gasteiger partial charge in [0.2, 0.25) is 0 Å². The van der Waals surface area contributed by atoms with E-state index in [1.807, 2.05) is 0 Å². The molecule has 0 heterocycles. The summed E-state index contributed by atoms with van der Waals surface area (Å²) in [6.07, 6.45) is 0. The number of hydrogen-bond donors (Lipinski definition) is 1. The van der Waals surface area contributed by atoms with E-state index < -0.39 is 15.7 Å². The number of rotatable bonds is 0. The van der Waals surface area contributed by atoms with Gasteiger partial charge in [-0.15, -0.1) is 0 Å². The third-order valence-electron chi connectivity index (χ3n) is 0. The van der Waals surface area contributed by atoms with Crippen molar-refractivity contribution in [2.45, 2.75) is 7.43 Å². The van der Waals surface area contributed by atoms with E-state index in [0.29, 0.717) is 0 Å². The van der Waals surface area contributed by atoms with E-state index in [9.17, 15) is 0 Å². The molecule has 0 spiro atoms. The molecule has 7 heavy (non-hydrogen) atoms. The van der Waals surface area contributed by atoms with Gasteiger partial charge in [-0.1, -0.05) is 7.43 Å². The van der Waals surface area contributed by atoms with Gasteiger partial charge in [-0.3, -0.25) is 0 Å². The van der Waals surface area contributed by atoms with Crippen LogP contribution in [-0.2, 0) is 0 Å². The Morgan fingerprint density at radius 1 is 1.14 bits per heavy atom. The van der Waals surface area contributed by atoms with Crippen molar-refractivity contribution in [3.8, 4) is 0 Å². The Hall–Kier alpha value is 2.44. The molecule has 0 bridgehead atoms. The van der Waals surface area contributed by atoms with Crippen molar-refractivity contribution in [1.29, 1.82) is 0 Å². The summed E-state index contributed by atoms with van der Waals surface area (Å²) < 4.78 is 24.4. The van der Waals surface area contributed by atoms with Crippen molar-refractivity contribution in [3.63, 3.8) is 0 Å². The Labute approximate surface area is 93.0 Å². The molecule has 0 unspecified atom stereocenters. The molecule has 0 radical (unpaired) electrons. The van der Waals surface area contributed by atoms with Crippen LogP contribution in [0.5, 0.6) is 0 Å². The summed E-state index contributed by atoms with van der Waals surface area (Å²) in [7, 11) is 0. The van der Waals surface area contributed by atoms with Crippen molar-refractivity contribution in [2.75, 3.05) is 0 Å². The fourth-order valence-corrected chi connectivity index (χ4v) is 0. The molecule has 0 atom stereocenters. The van der Waals surface area contributed by atoms with E-state index in [1.54, 1.807) is 0 Å². The molecule has 0 aliphatic carbocycles. The van der Waals surface area contributed by atoms with E-state index in [0.717, 1.165) is 0 Å². The molecule has 1 N–H and O–H groups in total. The molecule has 0 amide bonds. The summed E-state index contributed by atoms with van der Waals surface area (Å²) in [6.45, 7) is 0. The first-order valence-corrected chi connectivity index (χ1v) is 2.94. The van der Waals surface area contributed by atoms with Crippen LogP contribution in [0.25, 0.3) is 0 Å². The zero-order chi connectivity index (χ0) is 3.58. The Balaban J connectivity index is -0.0000000150. The Bertz CT molecular complexity index is 17.7. The minimum atomic E-state index is -3.69. The second kappa shape index (κ2) is 15.8. The summed E-state index contributed by atoms with van der Waals surface area (Å²) in [6, 6.07) is 0. The molecule has 0 rings (SSSR count). The van der Waals surface area contributed by atoms with Crippen molar-refractivity contribution < 1.29 is 71.4 Å². The van der Waals surface area contributed by atoms with Gasteiger partial charge in [0.25, 0.3) is 0 Å². The van der Waals surface area contributed by atoms with Gasteiger partial charge in [-0.25, -0.2) is 0 Å². The van der Waals surface area contributed by atoms with Crippen molar-refractivity contribution in [2.24, 2.45) is 0 Å². The average Bonchev–Trinajstić information content (AvgIpc) is 0.811. The fraction of sp³-hybridized carbons (Fsp3) is 1.00. The maximum absolute atomic E-state index is 8.67. The molecule has 0 aliphatic heterocycles. The molecule has 0 aromatic carbocycles. The van der Waals surface area contributed by atoms with Crippen LogP contribution >= 0.6 is 0 Å². The van der Waals surface area contributed by atoms with Gasteiger partial charge in [0, 0.05) is 0 Å². The molecule has 0 aromatic heterocycles. The van der Waals surface area contributed by atoms with E-state index in [-0.39, 0.29) is 66.5 Å². The zero-order valence-electron chi connectivity index (χ0n) is 3.71. The molecule has 0 aliphatic rings. The standard InChI is InChI=1S/CH4.AsHO3.2Na/c;2-1(3)4;;/h1H4;2H;;/q;-2;2*+1. The predicted octanol–water partition coefficient (Wildman–Crippen LogP) is -8.67. The van der Waals surface area contributed by atoms with Crippen LogP contribution in [0.15, 0.2) is 0 Å². The van der Waals surface area contributed by atoms with Crippen molar-refractivity contribution in [1.82, 2.24) is 0 Å². The molecule has 0 saturated heterocycles. The van der Waals surface area contributed by atoms with Crippen LogP contribution < -0.4 is 67.3 Å². The zero-order valence-corrected chi connectivity index (χ0v) is 9.59. The number of hydrogen-bond acceptors (Lipinski definition) is 3. The van der Waals surface area contributed by atoms with Crippen LogP contribution in [0.2, 0.25) is 0 Å². The van der Waals surface area contributed by atoms with Gasteiger partial charge >= 0.3 is 87.1 Å². The second-order valence-electron chi connectivity index (χ2n) is 0.238. The maximum atomic E-state index is 8.67. The molecular formula is CH5AsNa2O3. The Morgan fingerprint density at radius 2 is 1.14 bits per heavy atom. The summed E-state index contributed by atoms with van der Waals surface area (Å²) in [5.41, 5.74) is 0. The van der Waals surface area contributed by atoms with Crippen LogP contribution in [0, 0.1) is 0 Å². The molecule has 6 heteroatoms. The van der Waals surface area contributed by atoms with Crippen LogP contribution in [0.4, 0.5) is 0 Å². The van der Waals surface area contributed by atoms with Gasteiger partial charge in [-0.2, -0.15) is 0 Å². The van der Waals surface area contributed by atoms with Gasteiger partial charge in [0.05, 0.1) is 0 Å². The monoisotopic (exact) mass is 186 g/mol. The quantitative estimate of drug-likeness (QED) is 0.382. The van der Waals surface area contributed by atoms with Crippen LogP contribution in [-0.4, -0.2) is 19.8 Å². The van der Waals surface area contributed by atoms with Crippen molar-refractivity contribution in [3.05, 3.63) is 0 Å². The first-order valence-electron chi connectivity index (χ1n) is 0.565. The second-order valence-corrected chi connectivity index (χ2v) is 1.24. The van der Waals surface area contributed by atoms with Crippen LogP contribution in [0.1, 0.15) is 7.43 Å². The normalized spacial score (nSPS) is 5.14. The first kappa shape index (κ1) is 22.7. The van der Waals surface area contributed by atoms with Gasteiger partial charge in [0.15, 0.2) is 0 Å². The molecule has 0 aromatic rings. The third-order valence-corrected chi connectivity index (χ3v) is 0. The SMILES string of the molecule is C.[Na+].[Na+].[O-][As]([O-])O. The third kappa shape index (κ3) is 58.8. The Morgan fingerprint density at radius 3 is 1.14 bits per heavy atom. The van der Waals surface area contributed by atoms with E-state index in [4.69, 9.17) is 12.3 Å². The van der Waals surface area contributed by atoms with E-state index >= 15 is 0 Å². The van der Waals surface area contributed by atoms with Crippen molar-refractivity contribution >= 4 is 15.7 Å². The van der Waals surface area contributed by atoms with E-state index in [2.05, 4.69) is 0 Å². The predicted molar refractivity (Wildman–Crippen MR) is 14.7 cm³/mol. The molecule has 0 fully saturated rings. The fourth-order valence-electron chi connectivity index (χ4n) is 0. The van der Waals surface area contributed by atoms with Gasteiger partial charge in [0.1, 0.15) is 0 Å². The Kier molecular flexibility index (Phi) is 51.2. The molecule has 0 saturated carbocycles. The first-order chi connectivity index (χ1) is 1.73. The van der Waals surface area contributed by atoms with Crippen LogP contribution in [0.3, 0.4) is 0 Å². The summed E-state index contributed by atoms with van der Waals surface area (Å²) in [4.78, 5) is 0. The minimum absolute atomic E-state index is 0. The molecule has 3 nitrogen and oxygen atoms in total. The van der Waals surface area contributed by atoms with E-state index in [1.165, 1.54) is 0 Å².